The average molecular weight is 327 g/mol. The van der Waals surface area contributed by atoms with E-state index in [4.69, 9.17) is 5.14 Å². The van der Waals surface area contributed by atoms with E-state index in [1.165, 1.54) is 36.4 Å². The molecule has 1 amide bonds. The molecule has 8 nitrogen and oxygen atoms in total. The number of para-hydroxylation sites is 1. The third-order valence-corrected chi connectivity index (χ3v) is 4.44. The molecule has 0 saturated heterocycles. The molecule has 1 aromatic carbocycles. The van der Waals surface area contributed by atoms with Gasteiger partial charge in [0.2, 0.25) is 10.0 Å². The predicted molar refractivity (Wildman–Crippen MR) is 76.7 cm³/mol. The van der Waals surface area contributed by atoms with Crippen molar-refractivity contribution in [2.75, 3.05) is 5.32 Å². The maximum Gasteiger partial charge on any atom is 0.324 e. The first kappa shape index (κ1) is 15.1. The fraction of sp³-hybridized carbons (Fsp3) is 0. The molecule has 1 heterocycles. The van der Waals surface area contributed by atoms with Crippen LogP contribution in [0.2, 0.25) is 0 Å². The monoisotopic (exact) mass is 327 g/mol. The Kier molecular flexibility index (Phi) is 4.02. The summed E-state index contributed by atoms with van der Waals surface area (Å²) < 4.78 is 22.8. The number of thiophene rings is 1. The summed E-state index contributed by atoms with van der Waals surface area (Å²) in [4.78, 5) is 21.8. The van der Waals surface area contributed by atoms with E-state index in [0.29, 0.717) is 11.3 Å². The van der Waals surface area contributed by atoms with Crippen LogP contribution in [0, 0.1) is 10.1 Å². The Labute approximate surface area is 123 Å². The zero-order valence-electron chi connectivity index (χ0n) is 10.3. The molecule has 0 atom stereocenters. The van der Waals surface area contributed by atoms with Crippen LogP contribution in [0.25, 0.3) is 0 Å². The highest BCUT2D eigenvalue weighted by molar-refractivity contribution is 7.89. The first-order valence-electron chi connectivity index (χ1n) is 5.46. The lowest BCUT2D eigenvalue weighted by molar-refractivity contribution is -0.380. The molecule has 110 valence electrons. The summed E-state index contributed by atoms with van der Waals surface area (Å²) in [5.74, 6) is -0.649. The van der Waals surface area contributed by atoms with Gasteiger partial charge in [0, 0.05) is 6.07 Å². The number of anilines is 1. The van der Waals surface area contributed by atoms with Crippen LogP contribution in [0.4, 0.5) is 10.7 Å². The van der Waals surface area contributed by atoms with Gasteiger partial charge >= 0.3 is 5.00 Å². The molecule has 0 fully saturated rings. The van der Waals surface area contributed by atoms with Crippen molar-refractivity contribution in [1.82, 2.24) is 0 Å². The minimum atomic E-state index is -3.99. The van der Waals surface area contributed by atoms with Crippen LogP contribution in [0.3, 0.4) is 0 Å². The predicted octanol–water partition coefficient (Wildman–Crippen LogP) is 1.56. The quantitative estimate of drug-likeness (QED) is 0.649. The number of carbonyl (C=O) groups is 1. The average Bonchev–Trinajstić information content (AvgIpc) is 2.88. The summed E-state index contributed by atoms with van der Waals surface area (Å²) in [5.41, 5.74) is 0.0149. The normalized spacial score (nSPS) is 11.1. The first-order valence-corrected chi connectivity index (χ1v) is 7.83. The highest BCUT2D eigenvalue weighted by Crippen LogP contribution is 2.26. The first-order chi connectivity index (χ1) is 9.79. The van der Waals surface area contributed by atoms with Gasteiger partial charge < -0.3 is 5.32 Å². The number of nitrogens with one attached hydrogen (secondary N) is 1. The second kappa shape index (κ2) is 5.60. The third-order valence-electron chi connectivity index (χ3n) is 2.44. The molecule has 0 spiro atoms. The molecule has 0 aliphatic rings. The number of carbonyl (C=O) groups excluding carboxylic acids is 1. The van der Waals surface area contributed by atoms with Crippen LogP contribution in [-0.2, 0) is 10.0 Å². The molecule has 3 N–H and O–H groups in total. The fourth-order valence-corrected chi connectivity index (χ4v) is 2.96. The van der Waals surface area contributed by atoms with Gasteiger partial charge in [0.25, 0.3) is 5.91 Å². The van der Waals surface area contributed by atoms with Gasteiger partial charge in [-0.2, -0.15) is 0 Å². The van der Waals surface area contributed by atoms with Crippen molar-refractivity contribution in [1.29, 1.82) is 0 Å². The van der Waals surface area contributed by atoms with E-state index in [2.05, 4.69) is 5.32 Å². The summed E-state index contributed by atoms with van der Waals surface area (Å²) in [7, 11) is -3.99. The zero-order chi connectivity index (χ0) is 15.6. The van der Waals surface area contributed by atoms with Gasteiger partial charge in [0.05, 0.1) is 15.5 Å². The number of hydrogen-bond donors (Lipinski definition) is 2. The van der Waals surface area contributed by atoms with Gasteiger partial charge in [-0.3, -0.25) is 14.9 Å². The molecule has 1 aromatic heterocycles. The second-order valence-electron chi connectivity index (χ2n) is 3.89. The minimum absolute atomic E-state index is 0.0149. The SMILES string of the molecule is NS(=O)(=O)c1ccccc1NC(=O)c1ccc([N+](=O)[O-])s1. The number of primary sulfonamides is 1. The Morgan fingerprint density at radius 1 is 1.24 bits per heavy atom. The number of amides is 1. The fourth-order valence-electron chi connectivity index (χ4n) is 1.55. The van der Waals surface area contributed by atoms with Crippen molar-refractivity contribution in [3.63, 3.8) is 0 Å². The van der Waals surface area contributed by atoms with Crippen LogP contribution >= 0.6 is 11.3 Å². The van der Waals surface area contributed by atoms with Crippen LogP contribution in [-0.4, -0.2) is 19.2 Å². The molecule has 10 heteroatoms. The molecule has 2 aromatic rings. The van der Waals surface area contributed by atoms with Crippen LogP contribution < -0.4 is 10.5 Å². The molecule has 0 aliphatic carbocycles. The van der Waals surface area contributed by atoms with Crippen LogP contribution in [0.15, 0.2) is 41.3 Å². The third kappa shape index (κ3) is 3.42. The lowest BCUT2D eigenvalue weighted by Crippen LogP contribution is -2.17. The number of nitro groups is 1. The molecular weight excluding hydrogens is 318 g/mol. The van der Waals surface area contributed by atoms with Gasteiger partial charge in [0.1, 0.15) is 4.90 Å². The van der Waals surface area contributed by atoms with Crippen molar-refractivity contribution in [2.45, 2.75) is 4.90 Å². The number of rotatable bonds is 4. The van der Waals surface area contributed by atoms with Crippen molar-refractivity contribution in [3.8, 4) is 0 Å². The van der Waals surface area contributed by atoms with Crippen molar-refractivity contribution < 1.29 is 18.1 Å². The maximum absolute atomic E-state index is 12.0. The molecule has 21 heavy (non-hydrogen) atoms. The topological polar surface area (TPSA) is 132 Å². The Morgan fingerprint density at radius 2 is 1.90 bits per heavy atom. The van der Waals surface area contributed by atoms with E-state index >= 15 is 0 Å². The number of sulfonamides is 1. The number of benzene rings is 1. The number of hydrogen-bond acceptors (Lipinski definition) is 6. The minimum Gasteiger partial charge on any atom is -0.320 e. The molecule has 2 rings (SSSR count). The second-order valence-corrected chi connectivity index (χ2v) is 6.48. The number of nitrogens with zero attached hydrogens (tertiary/aromatic N) is 1. The van der Waals surface area contributed by atoms with E-state index < -0.39 is 20.9 Å². The smallest absolute Gasteiger partial charge is 0.320 e. The Morgan fingerprint density at radius 3 is 2.48 bits per heavy atom. The van der Waals surface area contributed by atoms with Gasteiger partial charge in [-0.1, -0.05) is 23.5 Å². The summed E-state index contributed by atoms with van der Waals surface area (Å²) in [6, 6.07) is 8.11. The van der Waals surface area contributed by atoms with E-state index in [9.17, 15) is 23.3 Å². The van der Waals surface area contributed by atoms with Gasteiger partial charge in [0.15, 0.2) is 0 Å². The summed E-state index contributed by atoms with van der Waals surface area (Å²) in [6.45, 7) is 0. The van der Waals surface area contributed by atoms with Gasteiger partial charge in [-0.25, -0.2) is 13.6 Å². The summed E-state index contributed by atoms with van der Waals surface area (Å²) >= 11 is 0.690. The van der Waals surface area contributed by atoms with Gasteiger partial charge in [-0.15, -0.1) is 0 Å². The summed E-state index contributed by atoms with van der Waals surface area (Å²) in [6.07, 6.45) is 0. The zero-order valence-corrected chi connectivity index (χ0v) is 12.0. The van der Waals surface area contributed by atoms with Crippen molar-refractivity contribution in [2.24, 2.45) is 5.14 Å². The molecule has 0 bridgehead atoms. The maximum atomic E-state index is 12.0. The lowest BCUT2D eigenvalue weighted by Gasteiger charge is -2.08. The Hall–Kier alpha value is -2.30. The highest BCUT2D eigenvalue weighted by atomic mass is 32.2. The van der Waals surface area contributed by atoms with Crippen LogP contribution in [0.1, 0.15) is 9.67 Å². The number of nitrogens with two attached hydrogens (primary N) is 1. The molecule has 0 unspecified atom stereocenters. The Balaban J connectivity index is 2.30. The molecular formula is C11H9N3O5S2. The van der Waals surface area contributed by atoms with E-state index in [1.54, 1.807) is 0 Å². The lowest BCUT2D eigenvalue weighted by atomic mass is 10.3. The van der Waals surface area contributed by atoms with Crippen molar-refractivity contribution in [3.05, 3.63) is 51.4 Å². The van der Waals surface area contributed by atoms with E-state index in [-0.39, 0.29) is 20.5 Å². The van der Waals surface area contributed by atoms with Gasteiger partial charge in [-0.05, 0) is 18.2 Å². The Bertz CT molecular complexity index is 813. The standard InChI is InChI=1S/C11H9N3O5S2/c12-21(18,19)9-4-2-1-3-7(9)13-11(15)8-5-6-10(20-8)14(16)17/h1-6H,(H,13,15)(H2,12,18,19). The van der Waals surface area contributed by atoms with E-state index in [0.717, 1.165) is 0 Å². The van der Waals surface area contributed by atoms with Crippen LogP contribution in [0.5, 0.6) is 0 Å². The summed E-state index contributed by atoms with van der Waals surface area (Å²) in [5, 5.41) is 17.8. The van der Waals surface area contributed by atoms with Crippen molar-refractivity contribution >= 4 is 38.0 Å². The molecule has 0 radical (unpaired) electrons. The highest BCUT2D eigenvalue weighted by Gasteiger charge is 2.19. The molecule has 0 aliphatic heterocycles. The molecule has 0 saturated carbocycles. The largest absolute Gasteiger partial charge is 0.324 e. The van der Waals surface area contributed by atoms with E-state index in [1.807, 2.05) is 0 Å².